The molecule has 0 bridgehead atoms. The molecule has 0 spiro atoms. The molecule has 0 amide bonds. The molecule has 0 radical (unpaired) electrons. The molecule has 7 heteroatoms. The molecule has 2 heterocycles. The van der Waals surface area contributed by atoms with Gasteiger partial charge in [0.1, 0.15) is 0 Å². The molecule has 0 saturated carbocycles. The normalized spacial score (nSPS) is 11.0. The Labute approximate surface area is 154 Å². The fourth-order valence-electron chi connectivity index (χ4n) is 3.05. The molecule has 2 aromatic heterocycles. The quantitative estimate of drug-likeness (QED) is 0.505. The summed E-state index contributed by atoms with van der Waals surface area (Å²) in [6.45, 7) is 0.953. The second-order valence-electron chi connectivity index (χ2n) is 5.83. The lowest BCUT2D eigenvalue weighted by Gasteiger charge is -2.11. The number of thiophene rings is 1. The van der Waals surface area contributed by atoms with Gasteiger partial charge in [0.25, 0.3) is 0 Å². The molecule has 2 aromatic carbocycles. The lowest BCUT2D eigenvalue weighted by atomic mass is 9.95. The highest BCUT2D eigenvalue weighted by Crippen LogP contribution is 2.44. The van der Waals surface area contributed by atoms with Gasteiger partial charge in [-0.3, -0.25) is 0 Å². The smallest absolute Gasteiger partial charge is 0.189 e. The van der Waals surface area contributed by atoms with Crippen LogP contribution in [0.1, 0.15) is 11.1 Å². The number of nitrogens with zero attached hydrogens (tertiary/aromatic N) is 3. The Hall–Kier alpha value is -2.87. The summed E-state index contributed by atoms with van der Waals surface area (Å²) in [5.74, 6) is 0.651. The van der Waals surface area contributed by atoms with E-state index in [9.17, 15) is 0 Å². The van der Waals surface area contributed by atoms with E-state index in [4.69, 9.17) is 11.5 Å². The third-order valence-corrected chi connectivity index (χ3v) is 5.50. The second-order valence-corrected chi connectivity index (χ2v) is 6.88. The molecular formula is C19H18N6S. The van der Waals surface area contributed by atoms with Crippen LogP contribution in [0.3, 0.4) is 0 Å². The topological polar surface area (TPSA) is 106 Å². The van der Waals surface area contributed by atoms with Gasteiger partial charge in [0, 0.05) is 23.5 Å². The molecule has 0 aliphatic rings. The molecule has 0 atom stereocenters. The summed E-state index contributed by atoms with van der Waals surface area (Å²) < 4.78 is 0. The first kappa shape index (κ1) is 16.6. The number of H-pyrrole nitrogens is 1. The molecule has 5 N–H and O–H groups in total. The van der Waals surface area contributed by atoms with Gasteiger partial charge in [0.05, 0.1) is 4.88 Å². The summed E-state index contributed by atoms with van der Waals surface area (Å²) in [4.78, 5) is 2.11. The number of benzene rings is 2. The number of hydrogen-bond donors (Lipinski definition) is 3. The second kappa shape index (κ2) is 7.17. The summed E-state index contributed by atoms with van der Waals surface area (Å²) in [7, 11) is 0. The zero-order valence-corrected chi connectivity index (χ0v) is 14.8. The molecule has 0 fully saturated rings. The summed E-state index contributed by atoms with van der Waals surface area (Å²) in [6.07, 6.45) is 0. The van der Waals surface area contributed by atoms with Crippen LogP contribution in [-0.2, 0) is 13.1 Å². The number of nitrogens with one attached hydrogen (secondary N) is 1. The highest BCUT2D eigenvalue weighted by atomic mass is 32.1. The van der Waals surface area contributed by atoms with Gasteiger partial charge in [0.2, 0.25) is 0 Å². The van der Waals surface area contributed by atoms with Gasteiger partial charge >= 0.3 is 0 Å². The lowest BCUT2D eigenvalue weighted by molar-refractivity contribution is 0.881. The Bertz CT molecular complexity index is 957. The molecule has 0 aliphatic carbocycles. The maximum atomic E-state index is 5.98. The fraction of sp³-hybridized carbons (Fsp3) is 0.105. The van der Waals surface area contributed by atoms with Gasteiger partial charge in [0.15, 0.2) is 5.82 Å². The summed E-state index contributed by atoms with van der Waals surface area (Å²) in [5, 5.41) is 14.3. The van der Waals surface area contributed by atoms with Crippen molar-refractivity contribution in [3.05, 3.63) is 65.7 Å². The van der Waals surface area contributed by atoms with Crippen molar-refractivity contribution in [3.63, 3.8) is 0 Å². The monoisotopic (exact) mass is 362 g/mol. The minimum atomic E-state index is 0.475. The van der Waals surface area contributed by atoms with Gasteiger partial charge in [-0.15, -0.1) is 16.4 Å². The Morgan fingerprint density at radius 2 is 1.50 bits per heavy atom. The Morgan fingerprint density at radius 3 is 2.15 bits per heavy atom. The average molecular weight is 362 g/mol. The van der Waals surface area contributed by atoms with E-state index in [1.54, 1.807) is 11.3 Å². The number of nitrogens with two attached hydrogens (primary N) is 2. The zero-order chi connectivity index (χ0) is 17.9. The van der Waals surface area contributed by atoms with Crippen LogP contribution >= 0.6 is 11.3 Å². The van der Waals surface area contributed by atoms with Crippen molar-refractivity contribution >= 4 is 11.3 Å². The van der Waals surface area contributed by atoms with E-state index >= 15 is 0 Å². The number of aromatic nitrogens is 4. The van der Waals surface area contributed by atoms with Gasteiger partial charge in [-0.05, 0) is 38.7 Å². The van der Waals surface area contributed by atoms with Crippen LogP contribution in [0.5, 0.6) is 0 Å². The SMILES string of the molecule is NCc1ccccc1-c1cc(-c2nnn[nH]2)sc1-c1ccccc1CN. The van der Waals surface area contributed by atoms with Crippen molar-refractivity contribution in [1.29, 1.82) is 0 Å². The number of hydrogen-bond acceptors (Lipinski definition) is 6. The predicted molar refractivity (Wildman–Crippen MR) is 104 cm³/mol. The third-order valence-electron chi connectivity index (χ3n) is 4.32. The lowest BCUT2D eigenvalue weighted by Crippen LogP contribution is -2.00. The van der Waals surface area contributed by atoms with E-state index in [0.29, 0.717) is 18.9 Å². The van der Waals surface area contributed by atoms with Crippen molar-refractivity contribution < 1.29 is 0 Å². The van der Waals surface area contributed by atoms with E-state index < -0.39 is 0 Å². The number of rotatable bonds is 5. The van der Waals surface area contributed by atoms with E-state index in [1.165, 1.54) is 0 Å². The van der Waals surface area contributed by atoms with Crippen molar-refractivity contribution in [2.24, 2.45) is 11.5 Å². The van der Waals surface area contributed by atoms with E-state index in [-0.39, 0.29) is 0 Å². The van der Waals surface area contributed by atoms with Crippen LogP contribution in [0.2, 0.25) is 0 Å². The molecule has 26 heavy (non-hydrogen) atoms. The molecule has 0 aliphatic heterocycles. The first-order chi connectivity index (χ1) is 12.8. The first-order valence-electron chi connectivity index (χ1n) is 8.26. The largest absolute Gasteiger partial charge is 0.326 e. The van der Waals surface area contributed by atoms with Crippen molar-refractivity contribution in [1.82, 2.24) is 20.6 Å². The van der Waals surface area contributed by atoms with Gasteiger partial charge in [-0.25, -0.2) is 5.10 Å². The van der Waals surface area contributed by atoms with Crippen LogP contribution in [0, 0.1) is 0 Å². The Balaban J connectivity index is 1.98. The van der Waals surface area contributed by atoms with Crippen LogP contribution in [0.4, 0.5) is 0 Å². The van der Waals surface area contributed by atoms with Crippen molar-refractivity contribution in [3.8, 4) is 32.3 Å². The first-order valence-corrected chi connectivity index (χ1v) is 9.08. The molecule has 4 rings (SSSR count). The average Bonchev–Trinajstić information content (AvgIpc) is 3.37. The highest BCUT2D eigenvalue weighted by molar-refractivity contribution is 7.19. The summed E-state index contributed by atoms with van der Waals surface area (Å²) >= 11 is 1.64. The Morgan fingerprint density at radius 1 is 0.846 bits per heavy atom. The van der Waals surface area contributed by atoms with E-state index in [0.717, 1.165) is 37.6 Å². The molecule has 4 aromatic rings. The maximum absolute atomic E-state index is 5.98. The van der Waals surface area contributed by atoms with Gasteiger partial charge in [-0.1, -0.05) is 48.5 Å². The number of tetrazole rings is 1. The Kier molecular flexibility index (Phi) is 4.57. The summed E-state index contributed by atoms with van der Waals surface area (Å²) in [6, 6.07) is 18.5. The van der Waals surface area contributed by atoms with Crippen LogP contribution < -0.4 is 11.5 Å². The standard InChI is InChI=1S/C19H18N6S/c20-10-12-5-1-3-7-14(12)16-9-17(19-22-24-25-23-19)26-18(16)15-8-4-2-6-13(15)11-21/h1-9H,10-11,20-21H2,(H,22,23,24,25). The minimum Gasteiger partial charge on any atom is -0.326 e. The molecular weight excluding hydrogens is 344 g/mol. The summed E-state index contributed by atoms with van der Waals surface area (Å²) in [5.41, 5.74) is 17.5. The molecule has 0 saturated heterocycles. The van der Waals surface area contributed by atoms with Crippen molar-refractivity contribution in [2.75, 3.05) is 0 Å². The fourth-order valence-corrected chi connectivity index (χ4v) is 4.22. The van der Waals surface area contributed by atoms with E-state index in [1.807, 2.05) is 24.3 Å². The van der Waals surface area contributed by atoms with Crippen LogP contribution in [-0.4, -0.2) is 20.6 Å². The number of aromatic amines is 1. The molecule has 0 unspecified atom stereocenters. The highest BCUT2D eigenvalue weighted by Gasteiger charge is 2.19. The zero-order valence-electron chi connectivity index (χ0n) is 14.0. The van der Waals surface area contributed by atoms with Gasteiger partial charge < -0.3 is 11.5 Å². The van der Waals surface area contributed by atoms with E-state index in [2.05, 4.69) is 51.0 Å². The maximum Gasteiger partial charge on any atom is 0.189 e. The van der Waals surface area contributed by atoms with Crippen LogP contribution in [0.15, 0.2) is 54.6 Å². The van der Waals surface area contributed by atoms with Crippen LogP contribution in [0.25, 0.3) is 32.3 Å². The predicted octanol–water partition coefficient (Wildman–Crippen LogP) is 3.18. The molecule has 130 valence electrons. The minimum absolute atomic E-state index is 0.475. The van der Waals surface area contributed by atoms with Crippen molar-refractivity contribution in [2.45, 2.75) is 13.1 Å². The molecule has 6 nitrogen and oxygen atoms in total. The third kappa shape index (κ3) is 2.92. The van der Waals surface area contributed by atoms with Gasteiger partial charge in [-0.2, -0.15) is 0 Å².